The van der Waals surface area contributed by atoms with Crippen molar-refractivity contribution in [2.45, 2.75) is 44.2 Å². The number of imidazole rings is 1. The minimum Gasteiger partial charge on any atom is -0.465 e. The van der Waals surface area contributed by atoms with Gasteiger partial charge in [-0.3, -0.25) is 4.79 Å². The summed E-state index contributed by atoms with van der Waals surface area (Å²) in [5.74, 6) is 0.485. The molecule has 2 aromatic carbocycles. The van der Waals surface area contributed by atoms with E-state index in [9.17, 15) is 14.7 Å². The molecule has 0 unspecified atom stereocenters. The summed E-state index contributed by atoms with van der Waals surface area (Å²) in [4.78, 5) is 33.8. The van der Waals surface area contributed by atoms with E-state index in [1.165, 1.54) is 4.90 Å². The highest BCUT2D eigenvalue weighted by atomic mass is 16.4. The third-order valence-electron chi connectivity index (χ3n) is 6.75. The zero-order chi connectivity index (χ0) is 24.8. The Balaban J connectivity index is 1.48. The molecular formula is C27H29N5O3. The largest absolute Gasteiger partial charge is 0.465 e. The number of hydrogen-bond donors (Lipinski definition) is 3. The second-order valence-corrected chi connectivity index (χ2v) is 9.01. The third kappa shape index (κ3) is 5.87. The van der Waals surface area contributed by atoms with E-state index in [-0.39, 0.29) is 23.9 Å². The fourth-order valence-electron chi connectivity index (χ4n) is 4.62. The van der Waals surface area contributed by atoms with Crippen molar-refractivity contribution in [1.29, 1.82) is 5.26 Å². The van der Waals surface area contributed by atoms with Crippen LogP contribution in [0.1, 0.15) is 48.7 Å². The summed E-state index contributed by atoms with van der Waals surface area (Å²) in [6.45, 7) is 0. The molecule has 8 heteroatoms. The Labute approximate surface area is 204 Å². The maximum Gasteiger partial charge on any atom is 0.407 e. The number of aromatic amines is 1. The van der Waals surface area contributed by atoms with E-state index in [1.54, 1.807) is 19.2 Å². The molecule has 35 heavy (non-hydrogen) atoms. The normalized spacial score (nSPS) is 18.3. The number of nitrogens with one attached hydrogen (secondary N) is 2. The van der Waals surface area contributed by atoms with E-state index in [4.69, 9.17) is 10.2 Å². The summed E-state index contributed by atoms with van der Waals surface area (Å²) in [6, 6.07) is 18.9. The first-order chi connectivity index (χ1) is 16.9. The van der Waals surface area contributed by atoms with E-state index < -0.39 is 6.09 Å². The van der Waals surface area contributed by atoms with Gasteiger partial charge in [0.1, 0.15) is 5.82 Å². The SMILES string of the molecule is CN(C(=O)O)[C@H]1CC[C@H](C(=O)N[C@@H](Cc2ccccc2)c2nc(-c3ccc(C#N)cc3)c[nH]2)CC1. The van der Waals surface area contributed by atoms with E-state index in [0.717, 1.165) is 16.8 Å². The molecule has 1 aliphatic carbocycles. The van der Waals surface area contributed by atoms with Crippen LogP contribution < -0.4 is 5.32 Å². The van der Waals surface area contributed by atoms with Crippen molar-refractivity contribution >= 4 is 12.0 Å². The number of hydrogen-bond acceptors (Lipinski definition) is 4. The smallest absolute Gasteiger partial charge is 0.407 e. The van der Waals surface area contributed by atoms with Gasteiger partial charge in [-0.15, -0.1) is 0 Å². The second-order valence-electron chi connectivity index (χ2n) is 9.01. The molecule has 1 aliphatic rings. The summed E-state index contributed by atoms with van der Waals surface area (Å²) < 4.78 is 0. The van der Waals surface area contributed by atoms with Gasteiger partial charge in [0.15, 0.2) is 0 Å². The second kappa shape index (κ2) is 10.9. The topological polar surface area (TPSA) is 122 Å². The van der Waals surface area contributed by atoms with Gasteiger partial charge in [-0.05, 0) is 49.8 Å². The molecule has 4 rings (SSSR count). The number of rotatable bonds is 7. The minimum absolute atomic E-state index is 0.0290. The van der Waals surface area contributed by atoms with E-state index >= 15 is 0 Å². The fraction of sp³-hybridized carbons (Fsp3) is 0.333. The lowest BCUT2D eigenvalue weighted by molar-refractivity contribution is -0.127. The van der Waals surface area contributed by atoms with Crippen molar-refractivity contribution in [1.82, 2.24) is 20.2 Å². The summed E-state index contributed by atoms with van der Waals surface area (Å²) in [5.41, 5.74) is 3.30. The van der Waals surface area contributed by atoms with Crippen LogP contribution in [0.15, 0.2) is 60.8 Å². The molecule has 1 aromatic heterocycles. The van der Waals surface area contributed by atoms with E-state index in [2.05, 4.69) is 16.4 Å². The average Bonchev–Trinajstić information content (AvgIpc) is 3.39. The van der Waals surface area contributed by atoms with Crippen molar-refractivity contribution in [3.63, 3.8) is 0 Å². The Morgan fingerprint density at radius 1 is 1.14 bits per heavy atom. The Hall–Kier alpha value is -4.12. The molecule has 0 saturated heterocycles. The number of benzene rings is 2. The Morgan fingerprint density at radius 2 is 1.83 bits per heavy atom. The molecule has 8 nitrogen and oxygen atoms in total. The lowest BCUT2D eigenvalue weighted by Gasteiger charge is -2.33. The Bertz CT molecular complexity index is 1190. The highest BCUT2D eigenvalue weighted by Crippen LogP contribution is 2.29. The molecule has 3 N–H and O–H groups in total. The predicted octanol–water partition coefficient (Wildman–Crippen LogP) is 4.52. The van der Waals surface area contributed by atoms with Crippen LogP contribution in [-0.4, -0.2) is 45.1 Å². The zero-order valence-corrected chi connectivity index (χ0v) is 19.6. The predicted molar refractivity (Wildman–Crippen MR) is 131 cm³/mol. The molecule has 0 bridgehead atoms. The zero-order valence-electron chi connectivity index (χ0n) is 19.6. The number of carbonyl (C=O) groups is 2. The average molecular weight is 472 g/mol. The number of amides is 2. The molecular weight excluding hydrogens is 442 g/mol. The van der Waals surface area contributed by atoms with Crippen LogP contribution in [-0.2, 0) is 11.2 Å². The number of H-pyrrole nitrogens is 1. The molecule has 1 fully saturated rings. The molecule has 0 spiro atoms. The number of nitriles is 1. The minimum atomic E-state index is -0.934. The summed E-state index contributed by atoms with van der Waals surface area (Å²) in [5, 5.41) is 21.5. The van der Waals surface area contributed by atoms with Crippen molar-refractivity contribution in [3.8, 4) is 17.3 Å². The van der Waals surface area contributed by atoms with Crippen molar-refractivity contribution in [2.24, 2.45) is 5.92 Å². The van der Waals surface area contributed by atoms with Crippen molar-refractivity contribution in [3.05, 3.63) is 77.7 Å². The highest BCUT2D eigenvalue weighted by molar-refractivity contribution is 5.79. The van der Waals surface area contributed by atoms with Gasteiger partial charge in [-0.1, -0.05) is 42.5 Å². The van der Waals surface area contributed by atoms with Gasteiger partial charge in [0, 0.05) is 30.8 Å². The lowest BCUT2D eigenvalue weighted by Crippen LogP contribution is -2.42. The maximum atomic E-state index is 13.2. The van der Waals surface area contributed by atoms with Gasteiger partial charge in [0.05, 0.1) is 23.4 Å². The van der Waals surface area contributed by atoms with Crippen LogP contribution in [0, 0.1) is 17.2 Å². The van der Waals surface area contributed by atoms with E-state index in [1.807, 2.05) is 48.7 Å². The Kier molecular flexibility index (Phi) is 7.46. The molecule has 1 heterocycles. The molecule has 3 aromatic rings. The van der Waals surface area contributed by atoms with Crippen LogP contribution in [0.4, 0.5) is 4.79 Å². The quantitative estimate of drug-likeness (QED) is 0.468. The summed E-state index contributed by atoms with van der Waals surface area (Å²) >= 11 is 0. The molecule has 1 atom stereocenters. The molecule has 0 radical (unpaired) electrons. The molecule has 180 valence electrons. The van der Waals surface area contributed by atoms with Crippen LogP contribution in [0.3, 0.4) is 0 Å². The van der Waals surface area contributed by atoms with Crippen molar-refractivity contribution < 1.29 is 14.7 Å². The van der Waals surface area contributed by atoms with Gasteiger partial charge in [0.25, 0.3) is 0 Å². The number of aromatic nitrogens is 2. The van der Waals surface area contributed by atoms with E-state index in [0.29, 0.717) is 43.5 Å². The van der Waals surface area contributed by atoms with Gasteiger partial charge in [-0.2, -0.15) is 5.26 Å². The number of carboxylic acid groups (broad SMARTS) is 1. The maximum absolute atomic E-state index is 13.2. The van der Waals surface area contributed by atoms with Gasteiger partial charge < -0.3 is 20.3 Å². The first kappa shape index (κ1) is 24.0. The lowest BCUT2D eigenvalue weighted by atomic mass is 9.84. The third-order valence-corrected chi connectivity index (χ3v) is 6.75. The highest BCUT2D eigenvalue weighted by Gasteiger charge is 2.31. The first-order valence-electron chi connectivity index (χ1n) is 11.8. The molecule has 0 aliphatic heterocycles. The van der Waals surface area contributed by atoms with Crippen LogP contribution in [0.25, 0.3) is 11.3 Å². The standard InChI is InChI=1S/C27H29N5O3/c1-32(27(34)35)22-13-11-21(12-14-22)26(33)31-23(15-18-5-3-2-4-6-18)25-29-17-24(30-25)20-9-7-19(16-28)8-10-20/h2-10,17,21-23H,11-15H2,1H3,(H,29,30)(H,31,33)(H,34,35)/t21-,22-,23-/m0/s1. The Morgan fingerprint density at radius 3 is 2.46 bits per heavy atom. The molecule has 2 amide bonds. The summed E-state index contributed by atoms with van der Waals surface area (Å²) in [6.07, 6.45) is 4.12. The van der Waals surface area contributed by atoms with Crippen LogP contribution >= 0.6 is 0 Å². The van der Waals surface area contributed by atoms with Gasteiger partial charge in [-0.25, -0.2) is 9.78 Å². The van der Waals surface area contributed by atoms with Crippen LogP contribution in [0.5, 0.6) is 0 Å². The monoisotopic (exact) mass is 471 g/mol. The fourth-order valence-corrected chi connectivity index (χ4v) is 4.62. The summed E-state index contributed by atoms with van der Waals surface area (Å²) in [7, 11) is 1.59. The first-order valence-corrected chi connectivity index (χ1v) is 11.8. The van der Waals surface area contributed by atoms with Crippen LogP contribution in [0.2, 0.25) is 0 Å². The number of nitrogens with zero attached hydrogens (tertiary/aromatic N) is 3. The van der Waals surface area contributed by atoms with Crippen molar-refractivity contribution in [2.75, 3.05) is 7.05 Å². The van der Waals surface area contributed by atoms with Gasteiger partial charge >= 0.3 is 6.09 Å². The number of carbonyl (C=O) groups excluding carboxylic acids is 1. The molecule has 1 saturated carbocycles. The van der Waals surface area contributed by atoms with Gasteiger partial charge in [0.2, 0.25) is 5.91 Å².